The molecule has 1 aromatic carbocycles. The molecule has 1 amide bonds. The van der Waals surface area contributed by atoms with Crippen LogP contribution in [0.15, 0.2) is 18.2 Å². The lowest BCUT2D eigenvalue weighted by atomic mass is 9.95. The molecule has 1 aromatic heterocycles. The van der Waals surface area contributed by atoms with E-state index in [2.05, 4.69) is 33.4 Å². The summed E-state index contributed by atoms with van der Waals surface area (Å²) < 4.78 is 42.8. The number of aliphatic carboxylic acids is 1. The third-order valence-electron chi connectivity index (χ3n) is 7.01. The minimum absolute atomic E-state index is 0.0101. The van der Waals surface area contributed by atoms with E-state index in [9.17, 15) is 27.9 Å². The maximum Gasteiger partial charge on any atom is 0.452 e. The number of alkyl halides is 3. The second-order valence-corrected chi connectivity index (χ2v) is 11.5. The minimum Gasteiger partial charge on any atom is -0.481 e. The predicted octanol–water partition coefficient (Wildman–Crippen LogP) is 5.74. The van der Waals surface area contributed by atoms with Crippen LogP contribution in [0.2, 0.25) is 0 Å². The Balaban J connectivity index is 1.64. The number of carbonyl (C=O) groups is 2. The first-order chi connectivity index (χ1) is 17.9. The average molecular weight is 554 g/mol. The zero-order valence-electron chi connectivity index (χ0n) is 21.8. The zero-order chi connectivity index (χ0) is 27.6. The Kier molecular flexibility index (Phi) is 8.49. The summed E-state index contributed by atoms with van der Waals surface area (Å²) in [5.41, 5.74) is 2.12. The van der Waals surface area contributed by atoms with Gasteiger partial charge in [-0.1, -0.05) is 26.8 Å². The number of rotatable bonds is 10. The molecule has 1 aliphatic heterocycles. The number of piperidine rings is 1. The van der Waals surface area contributed by atoms with Crippen molar-refractivity contribution in [2.75, 3.05) is 29.9 Å². The van der Waals surface area contributed by atoms with Crippen molar-refractivity contribution in [3.63, 3.8) is 0 Å². The fourth-order valence-electron chi connectivity index (χ4n) is 4.92. The highest BCUT2D eigenvalue weighted by Gasteiger charge is 2.37. The third kappa shape index (κ3) is 6.95. The number of aromatic nitrogens is 2. The van der Waals surface area contributed by atoms with Gasteiger partial charge >= 0.3 is 12.1 Å². The van der Waals surface area contributed by atoms with Gasteiger partial charge < -0.3 is 20.2 Å². The topological polar surface area (TPSA) is 98.7 Å². The summed E-state index contributed by atoms with van der Waals surface area (Å²) in [7, 11) is 0. The Labute approximate surface area is 224 Å². The molecule has 12 heteroatoms. The molecular weight excluding hydrogens is 519 g/mol. The van der Waals surface area contributed by atoms with Crippen molar-refractivity contribution < 1.29 is 27.9 Å². The third-order valence-corrected chi connectivity index (χ3v) is 7.64. The molecule has 1 atom stereocenters. The number of carboxylic acids is 1. The lowest BCUT2D eigenvalue weighted by molar-refractivity contribution is -0.144. The van der Waals surface area contributed by atoms with Crippen LogP contribution in [-0.2, 0) is 15.8 Å². The minimum atomic E-state index is -4.65. The summed E-state index contributed by atoms with van der Waals surface area (Å²) in [6, 6.07) is 5.74. The number of nitrogens with one attached hydrogen (secondary N) is 1. The summed E-state index contributed by atoms with van der Waals surface area (Å²) in [6.07, 6.45) is -1.19. The van der Waals surface area contributed by atoms with Gasteiger partial charge in [-0.25, -0.2) is 0 Å². The van der Waals surface area contributed by atoms with Gasteiger partial charge in [0.05, 0.1) is 17.8 Å². The lowest BCUT2D eigenvalue weighted by Gasteiger charge is -2.41. The van der Waals surface area contributed by atoms with Gasteiger partial charge in [0.15, 0.2) is 0 Å². The molecule has 0 radical (unpaired) electrons. The van der Waals surface area contributed by atoms with E-state index in [4.69, 9.17) is 0 Å². The number of hydrogen-bond acceptors (Lipinski definition) is 7. The van der Waals surface area contributed by atoms with E-state index >= 15 is 0 Å². The summed E-state index contributed by atoms with van der Waals surface area (Å²) >= 11 is 0.629. The van der Waals surface area contributed by atoms with E-state index in [1.54, 1.807) is 13.0 Å². The number of anilines is 3. The van der Waals surface area contributed by atoms with Crippen molar-refractivity contribution in [1.29, 1.82) is 0 Å². The monoisotopic (exact) mass is 553 g/mol. The molecule has 1 saturated carbocycles. The molecule has 2 heterocycles. The van der Waals surface area contributed by atoms with Gasteiger partial charge in [0, 0.05) is 43.1 Å². The standard InChI is InChI=1S/C26H34F3N5O3S/c1-15(2)14-34(19-8-10-33(11-9-19)23(37)17-4-5-17)21-7-6-18(16(3)12-22(35)36)13-20(21)30-25-31-24(32-38-25)26(27,28)29/h6-7,13,15-17,19H,4-5,8-12,14H2,1-3H3,(H,35,36)(H,30,31,32). The highest BCUT2D eigenvalue weighted by atomic mass is 32.1. The van der Waals surface area contributed by atoms with Crippen molar-refractivity contribution in [2.45, 2.75) is 71.0 Å². The molecule has 2 aliphatic rings. The zero-order valence-corrected chi connectivity index (χ0v) is 22.6. The van der Waals surface area contributed by atoms with Gasteiger partial charge in [-0.05, 0) is 55.2 Å². The van der Waals surface area contributed by atoms with Gasteiger partial charge in [0.2, 0.25) is 16.9 Å². The molecule has 0 bridgehead atoms. The summed E-state index contributed by atoms with van der Waals surface area (Å²) in [6.45, 7) is 8.08. The number of likely N-dealkylation sites (tertiary alicyclic amines) is 1. The molecule has 2 aromatic rings. The smallest absolute Gasteiger partial charge is 0.452 e. The molecule has 1 aliphatic carbocycles. The van der Waals surface area contributed by atoms with Crippen LogP contribution in [0.4, 0.5) is 29.7 Å². The summed E-state index contributed by atoms with van der Waals surface area (Å²) in [4.78, 5) is 31.7. The van der Waals surface area contributed by atoms with Crippen LogP contribution in [0, 0.1) is 11.8 Å². The molecule has 8 nitrogen and oxygen atoms in total. The van der Waals surface area contributed by atoms with Crippen molar-refractivity contribution >= 4 is 39.9 Å². The second-order valence-electron chi connectivity index (χ2n) is 10.7. The van der Waals surface area contributed by atoms with Crippen LogP contribution in [-0.4, -0.2) is 56.9 Å². The first kappa shape index (κ1) is 28.1. The molecule has 38 heavy (non-hydrogen) atoms. The van der Waals surface area contributed by atoms with E-state index in [1.807, 2.05) is 17.0 Å². The summed E-state index contributed by atoms with van der Waals surface area (Å²) in [5, 5.41) is 12.3. The molecule has 2 N–H and O–H groups in total. The molecule has 208 valence electrons. The Morgan fingerprint density at radius 2 is 1.87 bits per heavy atom. The number of carbonyl (C=O) groups excluding carboxylic acids is 1. The number of carboxylic acid groups (broad SMARTS) is 1. The molecular formula is C26H34F3N5O3S. The highest BCUT2D eigenvalue weighted by Crippen LogP contribution is 2.38. The Morgan fingerprint density at radius 1 is 1.18 bits per heavy atom. The maximum atomic E-state index is 13.1. The molecule has 4 rings (SSSR count). The van der Waals surface area contributed by atoms with E-state index in [1.165, 1.54) is 0 Å². The molecule has 1 saturated heterocycles. The SMILES string of the molecule is CC(C)CN(c1ccc(C(C)CC(=O)O)cc1Nc1nc(C(F)(F)F)ns1)C1CCN(C(=O)C2CC2)CC1. The van der Waals surface area contributed by atoms with Crippen LogP contribution in [0.1, 0.15) is 70.2 Å². The molecule has 0 spiro atoms. The van der Waals surface area contributed by atoms with E-state index in [0.717, 1.165) is 36.9 Å². The molecule has 1 unspecified atom stereocenters. The van der Waals surface area contributed by atoms with Gasteiger partial charge in [-0.15, -0.1) is 0 Å². The maximum absolute atomic E-state index is 13.1. The van der Waals surface area contributed by atoms with Crippen LogP contribution in [0.3, 0.4) is 0 Å². The van der Waals surface area contributed by atoms with E-state index in [0.29, 0.717) is 42.8 Å². The van der Waals surface area contributed by atoms with Crippen LogP contribution in [0.25, 0.3) is 0 Å². The first-order valence-corrected chi connectivity index (χ1v) is 13.8. The average Bonchev–Trinajstić information content (AvgIpc) is 3.59. The van der Waals surface area contributed by atoms with E-state index < -0.39 is 18.0 Å². The van der Waals surface area contributed by atoms with Crippen molar-refractivity contribution in [1.82, 2.24) is 14.3 Å². The number of halogens is 3. The Morgan fingerprint density at radius 3 is 2.42 bits per heavy atom. The quantitative estimate of drug-likeness (QED) is 0.387. The lowest BCUT2D eigenvalue weighted by Crippen LogP contribution is -2.48. The Hall–Kier alpha value is -2.89. The second kappa shape index (κ2) is 11.5. The van der Waals surface area contributed by atoms with Gasteiger partial charge in [-0.3, -0.25) is 9.59 Å². The number of benzene rings is 1. The first-order valence-electron chi connectivity index (χ1n) is 13.0. The number of nitrogens with zero attached hydrogens (tertiary/aromatic N) is 4. The van der Waals surface area contributed by atoms with Crippen molar-refractivity contribution in [2.24, 2.45) is 11.8 Å². The number of hydrogen-bond donors (Lipinski definition) is 2. The van der Waals surface area contributed by atoms with Crippen LogP contribution in [0.5, 0.6) is 0 Å². The van der Waals surface area contributed by atoms with Crippen LogP contribution < -0.4 is 10.2 Å². The van der Waals surface area contributed by atoms with Gasteiger partial charge in [0.25, 0.3) is 0 Å². The van der Waals surface area contributed by atoms with E-state index in [-0.39, 0.29) is 35.3 Å². The normalized spacial score (nSPS) is 17.5. The largest absolute Gasteiger partial charge is 0.481 e. The predicted molar refractivity (Wildman–Crippen MR) is 140 cm³/mol. The Bertz CT molecular complexity index is 1140. The van der Waals surface area contributed by atoms with Crippen LogP contribution >= 0.6 is 11.5 Å². The fraction of sp³-hybridized carbons (Fsp3) is 0.615. The van der Waals surface area contributed by atoms with Crippen molar-refractivity contribution in [3.05, 3.63) is 29.6 Å². The fourth-order valence-corrected chi connectivity index (χ4v) is 5.52. The number of amides is 1. The van der Waals surface area contributed by atoms with Gasteiger partial charge in [0.1, 0.15) is 0 Å². The van der Waals surface area contributed by atoms with Gasteiger partial charge in [-0.2, -0.15) is 22.5 Å². The highest BCUT2D eigenvalue weighted by molar-refractivity contribution is 7.09. The summed E-state index contributed by atoms with van der Waals surface area (Å²) in [5.74, 6) is -1.69. The van der Waals surface area contributed by atoms with Crippen molar-refractivity contribution in [3.8, 4) is 0 Å². The molecule has 2 fully saturated rings.